The lowest BCUT2D eigenvalue weighted by atomic mass is 9.76. The summed E-state index contributed by atoms with van der Waals surface area (Å²) in [5.41, 5.74) is 0. The van der Waals surface area contributed by atoms with Gasteiger partial charge < -0.3 is 10.1 Å². The van der Waals surface area contributed by atoms with E-state index in [1.54, 1.807) is 0 Å². The molecule has 2 fully saturated rings. The molecule has 2 saturated carbocycles. The molecule has 2 rings (SSSR count). The first-order chi connectivity index (χ1) is 7.36. The van der Waals surface area contributed by atoms with Crippen molar-refractivity contribution in [1.82, 2.24) is 5.32 Å². The SMILES string of the molecule is CCNC(C1CCC1)C(OCC)C1CC1. The lowest BCUT2D eigenvalue weighted by Gasteiger charge is -2.39. The van der Waals surface area contributed by atoms with Crippen LogP contribution in [0.25, 0.3) is 0 Å². The highest BCUT2D eigenvalue weighted by Gasteiger charge is 2.41. The van der Waals surface area contributed by atoms with Gasteiger partial charge in [0.05, 0.1) is 6.10 Å². The predicted molar refractivity (Wildman–Crippen MR) is 62.9 cm³/mol. The summed E-state index contributed by atoms with van der Waals surface area (Å²) in [6.07, 6.45) is 7.52. The van der Waals surface area contributed by atoms with Gasteiger partial charge in [0.15, 0.2) is 0 Å². The average molecular weight is 211 g/mol. The standard InChI is InChI=1S/C13H25NO/c1-3-14-12(10-6-5-7-10)13(15-4-2)11-8-9-11/h10-14H,3-9H2,1-2H3. The van der Waals surface area contributed by atoms with Gasteiger partial charge in [-0.05, 0) is 51.0 Å². The van der Waals surface area contributed by atoms with Crippen molar-refractivity contribution in [2.75, 3.05) is 13.2 Å². The summed E-state index contributed by atoms with van der Waals surface area (Å²) in [5, 5.41) is 3.67. The summed E-state index contributed by atoms with van der Waals surface area (Å²) in [7, 11) is 0. The molecule has 88 valence electrons. The molecule has 0 heterocycles. The van der Waals surface area contributed by atoms with E-state index in [-0.39, 0.29) is 0 Å². The van der Waals surface area contributed by atoms with Crippen LogP contribution in [0.5, 0.6) is 0 Å². The second-order valence-corrected chi connectivity index (χ2v) is 5.03. The van der Waals surface area contributed by atoms with Gasteiger partial charge in [0, 0.05) is 12.6 Å². The summed E-state index contributed by atoms with van der Waals surface area (Å²) in [6.45, 7) is 6.29. The minimum Gasteiger partial charge on any atom is -0.377 e. The van der Waals surface area contributed by atoms with Crippen molar-refractivity contribution < 1.29 is 4.74 Å². The van der Waals surface area contributed by atoms with Gasteiger partial charge in [0.25, 0.3) is 0 Å². The van der Waals surface area contributed by atoms with Crippen LogP contribution in [0.2, 0.25) is 0 Å². The average Bonchev–Trinajstić information content (AvgIpc) is 2.94. The van der Waals surface area contributed by atoms with Crippen LogP contribution in [0.4, 0.5) is 0 Å². The first-order valence-corrected chi connectivity index (χ1v) is 6.71. The predicted octanol–water partition coefficient (Wildman–Crippen LogP) is 2.58. The maximum atomic E-state index is 5.97. The zero-order valence-electron chi connectivity index (χ0n) is 10.2. The number of hydrogen-bond donors (Lipinski definition) is 1. The monoisotopic (exact) mass is 211 g/mol. The fourth-order valence-electron chi connectivity index (χ4n) is 2.74. The van der Waals surface area contributed by atoms with Gasteiger partial charge in [-0.15, -0.1) is 0 Å². The molecular formula is C13H25NO. The molecule has 0 saturated heterocycles. The van der Waals surface area contributed by atoms with Gasteiger partial charge >= 0.3 is 0 Å². The Morgan fingerprint density at radius 1 is 1.13 bits per heavy atom. The first-order valence-electron chi connectivity index (χ1n) is 6.71. The number of rotatable bonds is 7. The normalized spacial score (nSPS) is 26.0. The minimum absolute atomic E-state index is 0.500. The van der Waals surface area contributed by atoms with Crippen molar-refractivity contribution in [3.8, 4) is 0 Å². The van der Waals surface area contributed by atoms with Crippen LogP contribution in [-0.2, 0) is 4.74 Å². The van der Waals surface area contributed by atoms with Crippen molar-refractivity contribution in [3.05, 3.63) is 0 Å². The Morgan fingerprint density at radius 2 is 1.87 bits per heavy atom. The van der Waals surface area contributed by atoms with E-state index < -0.39 is 0 Å². The molecule has 2 nitrogen and oxygen atoms in total. The van der Waals surface area contributed by atoms with E-state index in [0.29, 0.717) is 12.1 Å². The van der Waals surface area contributed by atoms with Crippen LogP contribution in [0.15, 0.2) is 0 Å². The summed E-state index contributed by atoms with van der Waals surface area (Å²) < 4.78 is 5.97. The molecule has 2 heteroatoms. The van der Waals surface area contributed by atoms with Gasteiger partial charge in [-0.1, -0.05) is 13.3 Å². The van der Waals surface area contributed by atoms with Crippen molar-refractivity contribution >= 4 is 0 Å². The second-order valence-electron chi connectivity index (χ2n) is 5.03. The fraction of sp³-hybridized carbons (Fsp3) is 1.00. The molecule has 1 N–H and O–H groups in total. The fourth-order valence-corrected chi connectivity index (χ4v) is 2.74. The minimum atomic E-state index is 0.500. The maximum Gasteiger partial charge on any atom is 0.0758 e. The molecule has 15 heavy (non-hydrogen) atoms. The van der Waals surface area contributed by atoms with E-state index in [1.165, 1.54) is 32.1 Å². The van der Waals surface area contributed by atoms with Gasteiger partial charge in [-0.25, -0.2) is 0 Å². The highest BCUT2D eigenvalue weighted by molar-refractivity contribution is 4.95. The molecule has 0 aromatic heterocycles. The zero-order valence-corrected chi connectivity index (χ0v) is 10.2. The second kappa shape index (κ2) is 5.31. The quantitative estimate of drug-likeness (QED) is 0.699. The Labute approximate surface area is 93.8 Å². The molecule has 0 radical (unpaired) electrons. The summed E-state index contributed by atoms with van der Waals surface area (Å²) in [6, 6.07) is 0.635. The van der Waals surface area contributed by atoms with Crippen LogP contribution in [0.1, 0.15) is 46.0 Å². The van der Waals surface area contributed by atoms with Gasteiger partial charge in [0.2, 0.25) is 0 Å². The molecule has 0 amide bonds. The number of hydrogen-bond acceptors (Lipinski definition) is 2. The third-order valence-corrected chi connectivity index (χ3v) is 3.90. The van der Waals surface area contributed by atoms with Crippen LogP contribution < -0.4 is 5.32 Å². The molecule has 2 atom stereocenters. The molecule has 0 aromatic rings. The molecule has 2 aliphatic carbocycles. The maximum absolute atomic E-state index is 5.97. The molecule has 0 aliphatic heterocycles. The third-order valence-electron chi connectivity index (χ3n) is 3.90. The highest BCUT2D eigenvalue weighted by atomic mass is 16.5. The van der Waals surface area contributed by atoms with E-state index >= 15 is 0 Å². The smallest absolute Gasteiger partial charge is 0.0758 e. The summed E-state index contributed by atoms with van der Waals surface area (Å²) in [4.78, 5) is 0. The van der Waals surface area contributed by atoms with Crippen LogP contribution in [-0.4, -0.2) is 25.3 Å². The van der Waals surface area contributed by atoms with Crippen molar-refractivity contribution in [3.63, 3.8) is 0 Å². The Morgan fingerprint density at radius 3 is 2.27 bits per heavy atom. The van der Waals surface area contributed by atoms with E-state index in [0.717, 1.165) is 25.0 Å². The number of ether oxygens (including phenoxy) is 1. The molecule has 0 bridgehead atoms. The van der Waals surface area contributed by atoms with E-state index in [1.807, 2.05) is 0 Å². The molecule has 2 unspecified atom stereocenters. The Hall–Kier alpha value is -0.0800. The largest absolute Gasteiger partial charge is 0.377 e. The van der Waals surface area contributed by atoms with Gasteiger partial charge in [-0.2, -0.15) is 0 Å². The number of likely N-dealkylation sites (N-methyl/N-ethyl adjacent to an activating group) is 1. The summed E-state index contributed by atoms with van der Waals surface area (Å²) in [5.74, 6) is 1.75. The zero-order chi connectivity index (χ0) is 10.7. The van der Waals surface area contributed by atoms with Gasteiger partial charge in [-0.3, -0.25) is 0 Å². The molecule has 0 spiro atoms. The Balaban J connectivity index is 1.92. The lowest BCUT2D eigenvalue weighted by Crippen LogP contribution is -2.49. The number of nitrogens with one attached hydrogen (secondary N) is 1. The summed E-state index contributed by atoms with van der Waals surface area (Å²) >= 11 is 0. The van der Waals surface area contributed by atoms with E-state index in [2.05, 4.69) is 19.2 Å². The first kappa shape index (κ1) is 11.4. The molecular weight excluding hydrogens is 186 g/mol. The Kier molecular flexibility index (Phi) is 4.04. The van der Waals surface area contributed by atoms with Crippen molar-refractivity contribution in [1.29, 1.82) is 0 Å². The molecule has 2 aliphatic rings. The van der Waals surface area contributed by atoms with Crippen LogP contribution >= 0.6 is 0 Å². The Bertz CT molecular complexity index is 187. The van der Waals surface area contributed by atoms with E-state index in [4.69, 9.17) is 4.74 Å². The van der Waals surface area contributed by atoms with Gasteiger partial charge in [0.1, 0.15) is 0 Å². The lowest BCUT2D eigenvalue weighted by molar-refractivity contribution is -0.00886. The topological polar surface area (TPSA) is 21.3 Å². The molecule has 0 aromatic carbocycles. The van der Waals surface area contributed by atoms with Crippen LogP contribution in [0.3, 0.4) is 0 Å². The third kappa shape index (κ3) is 2.73. The van der Waals surface area contributed by atoms with Crippen LogP contribution in [0, 0.1) is 11.8 Å². The highest BCUT2D eigenvalue weighted by Crippen LogP contribution is 2.41. The van der Waals surface area contributed by atoms with Crippen molar-refractivity contribution in [2.24, 2.45) is 11.8 Å². The van der Waals surface area contributed by atoms with Crippen molar-refractivity contribution in [2.45, 2.75) is 58.1 Å². The van der Waals surface area contributed by atoms with E-state index in [9.17, 15) is 0 Å².